The molecule has 22 heavy (non-hydrogen) atoms. The van der Waals surface area contributed by atoms with E-state index in [1.165, 1.54) is 0 Å². The SMILES string of the molecule is COc1ccccc1OC(C)CNC(=O)[C@H]1NCCO[C@@H]1C. The lowest BCUT2D eigenvalue weighted by atomic mass is 10.1. The third-order valence-electron chi connectivity index (χ3n) is 3.56. The van der Waals surface area contributed by atoms with Crippen LogP contribution in [-0.4, -0.2) is 51.0 Å². The Morgan fingerprint density at radius 1 is 1.45 bits per heavy atom. The van der Waals surface area contributed by atoms with Crippen LogP contribution < -0.4 is 20.1 Å². The van der Waals surface area contributed by atoms with Gasteiger partial charge in [0, 0.05) is 6.54 Å². The molecule has 0 radical (unpaired) electrons. The summed E-state index contributed by atoms with van der Waals surface area (Å²) in [6, 6.07) is 7.14. The van der Waals surface area contributed by atoms with Crippen LogP contribution >= 0.6 is 0 Å². The molecule has 0 spiro atoms. The quantitative estimate of drug-likeness (QED) is 0.819. The Bertz CT molecular complexity index is 495. The Morgan fingerprint density at radius 3 is 2.86 bits per heavy atom. The van der Waals surface area contributed by atoms with E-state index in [0.717, 1.165) is 0 Å². The van der Waals surface area contributed by atoms with Gasteiger partial charge in [0.2, 0.25) is 5.91 Å². The summed E-state index contributed by atoms with van der Waals surface area (Å²) in [6.45, 7) is 5.54. The number of nitrogens with one attached hydrogen (secondary N) is 2. The van der Waals surface area contributed by atoms with Crippen molar-refractivity contribution >= 4 is 5.91 Å². The number of amides is 1. The highest BCUT2D eigenvalue weighted by Crippen LogP contribution is 2.26. The van der Waals surface area contributed by atoms with Gasteiger partial charge in [0.15, 0.2) is 11.5 Å². The zero-order valence-electron chi connectivity index (χ0n) is 13.3. The second kappa shape index (κ2) is 8.00. The van der Waals surface area contributed by atoms with Crippen molar-refractivity contribution in [2.45, 2.75) is 32.1 Å². The molecule has 1 aromatic carbocycles. The number of carbonyl (C=O) groups excluding carboxylic acids is 1. The third-order valence-corrected chi connectivity index (χ3v) is 3.56. The second-order valence-electron chi connectivity index (χ2n) is 5.33. The van der Waals surface area contributed by atoms with E-state index in [4.69, 9.17) is 14.2 Å². The standard InChI is InChI=1S/C16H24N2O4/c1-11(22-14-7-5-4-6-13(14)20-3)10-18-16(19)15-12(2)21-9-8-17-15/h4-7,11-12,15,17H,8-10H2,1-3H3,(H,18,19)/t11?,12-,15+/m1/s1. The van der Waals surface area contributed by atoms with Crippen LogP contribution in [0.4, 0.5) is 0 Å². The van der Waals surface area contributed by atoms with E-state index in [9.17, 15) is 4.79 Å². The molecular weight excluding hydrogens is 284 g/mol. The topological polar surface area (TPSA) is 68.8 Å². The molecule has 1 unspecified atom stereocenters. The number of hydrogen-bond donors (Lipinski definition) is 2. The van der Waals surface area contributed by atoms with Gasteiger partial charge in [-0.15, -0.1) is 0 Å². The Kier molecular flexibility index (Phi) is 6.03. The molecule has 1 saturated heterocycles. The molecule has 2 rings (SSSR count). The highest BCUT2D eigenvalue weighted by Gasteiger charge is 2.28. The maximum Gasteiger partial charge on any atom is 0.239 e. The van der Waals surface area contributed by atoms with Crippen LogP contribution in [0.15, 0.2) is 24.3 Å². The van der Waals surface area contributed by atoms with Crippen LogP contribution in [0.25, 0.3) is 0 Å². The van der Waals surface area contributed by atoms with Crippen molar-refractivity contribution in [2.75, 3.05) is 26.8 Å². The Morgan fingerprint density at radius 2 is 2.18 bits per heavy atom. The number of rotatable bonds is 6. The average Bonchev–Trinajstić information content (AvgIpc) is 2.53. The summed E-state index contributed by atoms with van der Waals surface area (Å²) in [6.07, 6.45) is -0.292. The normalized spacial score (nSPS) is 22.7. The number of benzene rings is 1. The summed E-state index contributed by atoms with van der Waals surface area (Å²) < 4.78 is 16.5. The zero-order valence-corrected chi connectivity index (χ0v) is 13.3. The minimum absolute atomic E-state index is 0.0670. The number of ether oxygens (including phenoxy) is 3. The van der Waals surface area contributed by atoms with Gasteiger partial charge in [-0.25, -0.2) is 0 Å². The summed E-state index contributed by atoms with van der Waals surface area (Å²) in [4.78, 5) is 12.2. The second-order valence-corrected chi connectivity index (χ2v) is 5.33. The highest BCUT2D eigenvalue weighted by molar-refractivity contribution is 5.82. The van der Waals surface area contributed by atoms with Gasteiger partial charge in [-0.05, 0) is 26.0 Å². The largest absolute Gasteiger partial charge is 0.493 e. The summed E-state index contributed by atoms with van der Waals surface area (Å²) in [5, 5.41) is 6.06. The number of morpholine rings is 1. The molecule has 1 fully saturated rings. The number of carbonyl (C=O) groups is 1. The third kappa shape index (κ3) is 4.35. The lowest BCUT2D eigenvalue weighted by molar-refractivity contribution is -0.129. The van der Waals surface area contributed by atoms with Crippen LogP contribution in [0.2, 0.25) is 0 Å². The molecule has 0 saturated carbocycles. The van der Waals surface area contributed by atoms with Gasteiger partial charge in [0.25, 0.3) is 0 Å². The summed E-state index contributed by atoms with van der Waals surface area (Å²) in [7, 11) is 1.60. The van der Waals surface area contributed by atoms with E-state index in [1.54, 1.807) is 7.11 Å². The van der Waals surface area contributed by atoms with Gasteiger partial charge in [0.1, 0.15) is 12.1 Å². The molecule has 0 bridgehead atoms. The first kappa shape index (κ1) is 16.6. The summed E-state index contributed by atoms with van der Waals surface area (Å²) in [5.41, 5.74) is 0. The molecule has 1 aliphatic rings. The van der Waals surface area contributed by atoms with E-state index in [0.29, 0.717) is 31.2 Å². The molecule has 1 aromatic rings. The molecule has 1 heterocycles. The van der Waals surface area contributed by atoms with Crippen LogP contribution in [-0.2, 0) is 9.53 Å². The van der Waals surface area contributed by atoms with E-state index in [2.05, 4.69) is 10.6 Å². The monoisotopic (exact) mass is 308 g/mol. The van der Waals surface area contributed by atoms with E-state index in [1.807, 2.05) is 38.1 Å². The Balaban J connectivity index is 1.82. The summed E-state index contributed by atoms with van der Waals surface area (Å²) in [5.74, 6) is 1.28. The van der Waals surface area contributed by atoms with Crippen LogP contribution in [0.3, 0.4) is 0 Å². The summed E-state index contributed by atoms with van der Waals surface area (Å²) >= 11 is 0. The van der Waals surface area contributed by atoms with Crippen molar-refractivity contribution in [3.8, 4) is 11.5 Å². The first-order valence-corrected chi connectivity index (χ1v) is 7.54. The van der Waals surface area contributed by atoms with E-state index in [-0.39, 0.29) is 24.2 Å². The van der Waals surface area contributed by atoms with Crippen molar-refractivity contribution < 1.29 is 19.0 Å². The predicted octanol–water partition coefficient (Wildman–Crippen LogP) is 0.956. The number of methoxy groups -OCH3 is 1. The van der Waals surface area contributed by atoms with Crippen LogP contribution in [0, 0.1) is 0 Å². The fourth-order valence-corrected chi connectivity index (χ4v) is 2.36. The zero-order chi connectivity index (χ0) is 15.9. The van der Waals surface area contributed by atoms with Gasteiger partial charge in [-0.2, -0.15) is 0 Å². The van der Waals surface area contributed by atoms with Crippen molar-refractivity contribution in [2.24, 2.45) is 0 Å². The molecular formula is C16H24N2O4. The first-order valence-electron chi connectivity index (χ1n) is 7.54. The lowest BCUT2D eigenvalue weighted by Gasteiger charge is -2.29. The fraction of sp³-hybridized carbons (Fsp3) is 0.562. The predicted molar refractivity (Wildman–Crippen MR) is 83.3 cm³/mol. The Labute approximate surface area is 131 Å². The molecule has 0 aromatic heterocycles. The molecule has 122 valence electrons. The molecule has 1 amide bonds. The minimum Gasteiger partial charge on any atom is -0.493 e. The fourth-order valence-electron chi connectivity index (χ4n) is 2.36. The average molecular weight is 308 g/mol. The van der Waals surface area contributed by atoms with Crippen molar-refractivity contribution in [1.29, 1.82) is 0 Å². The first-order chi connectivity index (χ1) is 10.6. The van der Waals surface area contributed by atoms with Crippen LogP contribution in [0.1, 0.15) is 13.8 Å². The van der Waals surface area contributed by atoms with E-state index >= 15 is 0 Å². The van der Waals surface area contributed by atoms with Crippen LogP contribution in [0.5, 0.6) is 11.5 Å². The molecule has 2 N–H and O–H groups in total. The van der Waals surface area contributed by atoms with Gasteiger partial charge >= 0.3 is 0 Å². The highest BCUT2D eigenvalue weighted by atomic mass is 16.5. The number of hydrogen-bond acceptors (Lipinski definition) is 5. The molecule has 6 nitrogen and oxygen atoms in total. The molecule has 1 aliphatic heterocycles. The van der Waals surface area contributed by atoms with Crippen molar-refractivity contribution in [3.05, 3.63) is 24.3 Å². The van der Waals surface area contributed by atoms with Gasteiger partial charge in [-0.1, -0.05) is 12.1 Å². The van der Waals surface area contributed by atoms with Gasteiger partial charge < -0.3 is 24.8 Å². The van der Waals surface area contributed by atoms with Gasteiger partial charge in [-0.3, -0.25) is 4.79 Å². The minimum atomic E-state index is -0.313. The number of para-hydroxylation sites is 2. The maximum absolute atomic E-state index is 12.2. The maximum atomic E-state index is 12.2. The van der Waals surface area contributed by atoms with Crippen molar-refractivity contribution in [1.82, 2.24) is 10.6 Å². The Hall–Kier alpha value is -1.79. The lowest BCUT2D eigenvalue weighted by Crippen LogP contribution is -2.56. The molecule has 0 aliphatic carbocycles. The molecule has 6 heteroatoms. The van der Waals surface area contributed by atoms with E-state index < -0.39 is 0 Å². The van der Waals surface area contributed by atoms with Gasteiger partial charge in [0.05, 0.1) is 26.4 Å². The molecule has 3 atom stereocenters. The smallest absolute Gasteiger partial charge is 0.239 e. The van der Waals surface area contributed by atoms with Crippen molar-refractivity contribution in [3.63, 3.8) is 0 Å².